The van der Waals surface area contributed by atoms with E-state index in [1.807, 2.05) is 31.2 Å². The zero-order valence-electron chi connectivity index (χ0n) is 11.5. The lowest BCUT2D eigenvalue weighted by molar-refractivity contribution is -0.385. The highest BCUT2D eigenvalue weighted by Crippen LogP contribution is 2.40. The molecule has 0 bridgehead atoms. The van der Waals surface area contributed by atoms with Crippen molar-refractivity contribution in [3.8, 4) is 22.6 Å². The Bertz CT molecular complexity index is 652. The Morgan fingerprint density at radius 2 is 1.70 bits per heavy atom. The largest absolute Gasteiger partial charge is 0.496 e. The first kappa shape index (κ1) is 13.9. The molecule has 0 fully saturated rings. The first-order valence-corrected chi connectivity index (χ1v) is 6.05. The summed E-state index contributed by atoms with van der Waals surface area (Å²) in [5, 5.41) is 10.9. The number of rotatable bonds is 4. The minimum atomic E-state index is -0.429. The summed E-state index contributed by atoms with van der Waals surface area (Å²) in [4.78, 5) is 10.5. The molecule has 0 aliphatic heterocycles. The van der Waals surface area contributed by atoms with Gasteiger partial charge in [-0.25, -0.2) is 0 Å². The van der Waals surface area contributed by atoms with Crippen LogP contribution < -0.4 is 9.47 Å². The fraction of sp³-hybridized carbons (Fsp3) is 0.200. The minimum absolute atomic E-state index is 0.0120. The number of ether oxygens (including phenoxy) is 2. The Balaban J connectivity index is 2.70. The summed E-state index contributed by atoms with van der Waals surface area (Å²) in [5.74, 6) is 1.16. The first-order valence-electron chi connectivity index (χ1n) is 6.05. The molecule has 2 rings (SSSR count). The van der Waals surface area contributed by atoms with E-state index < -0.39 is 4.92 Å². The molecule has 0 N–H and O–H groups in total. The lowest BCUT2D eigenvalue weighted by atomic mass is 9.98. The van der Waals surface area contributed by atoms with Gasteiger partial charge in [0.05, 0.1) is 25.2 Å². The normalized spacial score (nSPS) is 10.2. The maximum atomic E-state index is 10.9. The lowest BCUT2D eigenvalue weighted by Crippen LogP contribution is -1.97. The topological polar surface area (TPSA) is 61.6 Å². The van der Waals surface area contributed by atoms with Crippen LogP contribution in [-0.4, -0.2) is 19.1 Å². The smallest absolute Gasteiger partial charge is 0.273 e. The van der Waals surface area contributed by atoms with Crippen molar-refractivity contribution in [3.05, 3.63) is 52.1 Å². The van der Waals surface area contributed by atoms with Gasteiger partial charge >= 0.3 is 0 Å². The standard InChI is InChI=1S/C15H15NO4/c1-10-8-11(16(17)18)9-14(20-3)15(10)12-6-4-5-7-13(12)19-2/h4-9H,1-3H3. The molecule has 0 saturated heterocycles. The van der Waals surface area contributed by atoms with Gasteiger partial charge in [0.1, 0.15) is 11.5 Å². The average Bonchev–Trinajstić information content (AvgIpc) is 2.46. The predicted molar refractivity (Wildman–Crippen MR) is 76.4 cm³/mol. The SMILES string of the molecule is COc1ccccc1-c1c(C)cc([N+](=O)[O-])cc1OC. The lowest BCUT2D eigenvalue weighted by Gasteiger charge is -2.14. The Kier molecular flexibility index (Phi) is 3.89. The van der Waals surface area contributed by atoms with Crippen LogP contribution in [0.15, 0.2) is 36.4 Å². The van der Waals surface area contributed by atoms with Crippen LogP contribution in [0.2, 0.25) is 0 Å². The molecule has 0 aliphatic rings. The fourth-order valence-corrected chi connectivity index (χ4v) is 2.20. The number of aryl methyl sites for hydroxylation is 1. The van der Waals surface area contributed by atoms with E-state index in [0.29, 0.717) is 11.5 Å². The molecule has 0 heterocycles. The van der Waals surface area contributed by atoms with Crippen molar-refractivity contribution in [2.45, 2.75) is 6.92 Å². The van der Waals surface area contributed by atoms with Crippen LogP contribution in [-0.2, 0) is 0 Å². The monoisotopic (exact) mass is 273 g/mol. The number of nitro groups is 1. The van der Waals surface area contributed by atoms with E-state index in [4.69, 9.17) is 9.47 Å². The number of non-ortho nitro benzene ring substituents is 1. The highest BCUT2D eigenvalue weighted by molar-refractivity contribution is 5.80. The molecule has 0 saturated carbocycles. The van der Waals surface area contributed by atoms with E-state index in [-0.39, 0.29) is 5.69 Å². The van der Waals surface area contributed by atoms with E-state index >= 15 is 0 Å². The Morgan fingerprint density at radius 1 is 1.05 bits per heavy atom. The van der Waals surface area contributed by atoms with Crippen molar-refractivity contribution < 1.29 is 14.4 Å². The quantitative estimate of drug-likeness (QED) is 0.631. The van der Waals surface area contributed by atoms with Gasteiger partial charge in [-0.1, -0.05) is 18.2 Å². The van der Waals surface area contributed by atoms with Crippen molar-refractivity contribution in [3.63, 3.8) is 0 Å². The Labute approximate surface area is 116 Å². The van der Waals surface area contributed by atoms with Crippen molar-refractivity contribution in [2.75, 3.05) is 14.2 Å². The maximum Gasteiger partial charge on any atom is 0.273 e. The van der Waals surface area contributed by atoms with Crippen LogP contribution in [0.3, 0.4) is 0 Å². The van der Waals surface area contributed by atoms with Crippen LogP contribution in [0.25, 0.3) is 11.1 Å². The summed E-state index contributed by atoms with van der Waals surface area (Å²) in [5.41, 5.74) is 2.42. The van der Waals surface area contributed by atoms with Gasteiger partial charge in [0, 0.05) is 17.2 Å². The van der Waals surface area contributed by atoms with Gasteiger partial charge in [-0.3, -0.25) is 10.1 Å². The van der Waals surface area contributed by atoms with Crippen molar-refractivity contribution in [2.24, 2.45) is 0 Å². The molecule has 104 valence electrons. The second kappa shape index (κ2) is 5.61. The van der Waals surface area contributed by atoms with Gasteiger partial charge in [-0.05, 0) is 18.6 Å². The van der Waals surface area contributed by atoms with Crippen LogP contribution in [0.5, 0.6) is 11.5 Å². The second-order valence-electron chi connectivity index (χ2n) is 4.30. The van der Waals surface area contributed by atoms with Crippen molar-refractivity contribution in [1.29, 1.82) is 0 Å². The van der Waals surface area contributed by atoms with Gasteiger partial charge < -0.3 is 9.47 Å². The van der Waals surface area contributed by atoms with E-state index in [1.165, 1.54) is 19.2 Å². The van der Waals surface area contributed by atoms with E-state index in [0.717, 1.165) is 16.7 Å². The van der Waals surface area contributed by atoms with Gasteiger partial charge in [0.2, 0.25) is 0 Å². The molecule has 2 aromatic rings. The van der Waals surface area contributed by atoms with Crippen LogP contribution in [0, 0.1) is 17.0 Å². The highest BCUT2D eigenvalue weighted by atomic mass is 16.6. The number of hydrogen-bond donors (Lipinski definition) is 0. The highest BCUT2D eigenvalue weighted by Gasteiger charge is 2.18. The Morgan fingerprint density at radius 3 is 2.30 bits per heavy atom. The number of nitrogens with zero attached hydrogens (tertiary/aromatic N) is 1. The Hall–Kier alpha value is -2.56. The van der Waals surface area contributed by atoms with Crippen LogP contribution >= 0.6 is 0 Å². The summed E-state index contributed by atoms with van der Waals surface area (Å²) < 4.78 is 10.7. The molecule has 0 aliphatic carbocycles. The molecular formula is C15H15NO4. The molecule has 0 atom stereocenters. The average molecular weight is 273 g/mol. The predicted octanol–water partition coefficient (Wildman–Crippen LogP) is 3.59. The summed E-state index contributed by atoms with van der Waals surface area (Å²) in [6.07, 6.45) is 0. The molecule has 0 aromatic heterocycles. The minimum Gasteiger partial charge on any atom is -0.496 e. The summed E-state index contributed by atoms with van der Waals surface area (Å²) in [6.45, 7) is 1.82. The zero-order chi connectivity index (χ0) is 14.7. The molecule has 2 aromatic carbocycles. The third kappa shape index (κ3) is 2.42. The number of hydrogen-bond acceptors (Lipinski definition) is 4. The van der Waals surface area contributed by atoms with E-state index in [9.17, 15) is 10.1 Å². The summed E-state index contributed by atoms with van der Waals surface area (Å²) >= 11 is 0. The molecule has 0 amide bonds. The second-order valence-corrected chi connectivity index (χ2v) is 4.30. The first-order chi connectivity index (χ1) is 9.58. The van der Waals surface area contributed by atoms with Gasteiger partial charge in [0.15, 0.2) is 0 Å². The van der Waals surface area contributed by atoms with Gasteiger partial charge in [0.25, 0.3) is 5.69 Å². The van der Waals surface area contributed by atoms with Crippen molar-refractivity contribution >= 4 is 5.69 Å². The molecule has 5 heteroatoms. The van der Waals surface area contributed by atoms with Crippen LogP contribution in [0.1, 0.15) is 5.56 Å². The molecule has 20 heavy (non-hydrogen) atoms. The molecule has 0 spiro atoms. The summed E-state index contributed by atoms with van der Waals surface area (Å²) in [7, 11) is 3.09. The molecular weight excluding hydrogens is 258 g/mol. The molecule has 0 unspecified atom stereocenters. The number of methoxy groups -OCH3 is 2. The molecule has 0 radical (unpaired) electrons. The van der Waals surface area contributed by atoms with Gasteiger partial charge in [-0.2, -0.15) is 0 Å². The summed E-state index contributed by atoms with van der Waals surface area (Å²) in [6, 6.07) is 10.5. The molecule has 5 nitrogen and oxygen atoms in total. The third-order valence-corrected chi connectivity index (χ3v) is 3.09. The number of benzene rings is 2. The van der Waals surface area contributed by atoms with Crippen molar-refractivity contribution in [1.82, 2.24) is 0 Å². The number of para-hydroxylation sites is 1. The zero-order valence-corrected chi connectivity index (χ0v) is 11.5. The number of nitro benzene ring substituents is 1. The van der Waals surface area contributed by atoms with Gasteiger partial charge in [-0.15, -0.1) is 0 Å². The third-order valence-electron chi connectivity index (χ3n) is 3.09. The van der Waals surface area contributed by atoms with E-state index in [2.05, 4.69) is 0 Å². The van der Waals surface area contributed by atoms with Crippen LogP contribution in [0.4, 0.5) is 5.69 Å². The maximum absolute atomic E-state index is 10.9. The fourth-order valence-electron chi connectivity index (χ4n) is 2.20. The van der Waals surface area contributed by atoms with E-state index in [1.54, 1.807) is 7.11 Å².